The molecular formula is C9H8BrF5N2O. The molecule has 0 atom stereocenters. The number of aromatic nitrogens is 1. The van der Waals surface area contributed by atoms with Crippen LogP contribution < -0.4 is 10.5 Å². The summed E-state index contributed by atoms with van der Waals surface area (Å²) in [6.45, 7) is -0.304. The van der Waals surface area contributed by atoms with E-state index in [9.17, 15) is 22.0 Å². The monoisotopic (exact) mass is 334 g/mol. The van der Waals surface area contributed by atoms with Gasteiger partial charge in [-0.1, -0.05) is 0 Å². The highest BCUT2D eigenvalue weighted by molar-refractivity contribution is 9.10. The van der Waals surface area contributed by atoms with Crippen molar-refractivity contribution in [1.29, 1.82) is 0 Å². The van der Waals surface area contributed by atoms with Gasteiger partial charge in [-0.3, -0.25) is 0 Å². The highest BCUT2D eigenvalue weighted by atomic mass is 79.9. The van der Waals surface area contributed by atoms with Crippen molar-refractivity contribution in [1.82, 2.24) is 4.98 Å². The van der Waals surface area contributed by atoms with E-state index in [2.05, 4.69) is 25.7 Å². The fourth-order valence-corrected chi connectivity index (χ4v) is 1.36. The summed E-state index contributed by atoms with van der Waals surface area (Å²) in [6, 6.07) is 0. The molecule has 0 amide bonds. The Morgan fingerprint density at radius 1 is 1.33 bits per heavy atom. The first kappa shape index (κ1) is 14.9. The second kappa shape index (κ2) is 4.87. The molecule has 0 spiro atoms. The van der Waals surface area contributed by atoms with Crippen molar-refractivity contribution < 1.29 is 26.7 Å². The third kappa shape index (κ3) is 3.01. The molecule has 2 N–H and O–H groups in total. The Bertz CT molecular complexity index is 449. The van der Waals surface area contributed by atoms with Crippen LogP contribution in [0.15, 0.2) is 10.7 Å². The van der Waals surface area contributed by atoms with E-state index >= 15 is 0 Å². The fraction of sp³-hybridized carbons (Fsp3) is 0.444. The second-order valence-corrected chi connectivity index (χ2v) is 4.24. The number of alkyl halides is 5. The van der Waals surface area contributed by atoms with E-state index in [1.165, 1.54) is 6.92 Å². The molecule has 18 heavy (non-hydrogen) atoms. The summed E-state index contributed by atoms with van der Waals surface area (Å²) < 4.78 is 65.4. The lowest BCUT2D eigenvalue weighted by Gasteiger charge is -2.20. The standard InChI is InChI=1S/C9H8BrF5N2O/c1-4-5(16)2-17-7(6(4)10)18-3-8(11,12)9(13,14)15/h2H,3,16H2,1H3. The molecule has 0 unspecified atom stereocenters. The minimum atomic E-state index is -5.66. The summed E-state index contributed by atoms with van der Waals surface area (Å²) in [5.41, 5.74) is 6.17. The molecule has 1 heterocycles. The Hall–Kier alpha value is -1.12. The molecule has 0 bridgehead atoms. The van der Waals surface area contributed by atoms with Crippen LogP contribution in [0.3, 0.4) is 0 Å². The number of ether oxygens (including phenoxy) is 1. The lowest BCUT2D eigenvalue weighted by molar-refractivity contribution is -0.290. The highest BCUT2D eigenvalue weighted by Crippen LogP contribution is 2.37. The minimum absolute atomic E-state index is 0.139. The maximum atomic E-state index is 12.6. The zero-order chi connectivity index (χ0) is 14.1. The Kier molecular flexibility index (Phi) is 4.04. The summed E-state index contributed by atoms with van der Waals surface area (Å²) in [5, 5.41) is 0. The van der Waals surface area contributed by atoms with Gasteiger partial charge >= 0.3 is 12.1 Å². The summed E-state index contributed by atoms with van der Waals surface area (Å²) >= 11 is 2.96. The van der Waals surface area contributed by atoms with Crippen molar-refractivity contribution >= 4 is 21.6 Å². The van der Waals surface area contributed by atoms with E-state index in [1.54, 1.807) is 0 Å². The van der Waals surface area contributed by atoms with Crippen molar-refractivity contribution in [2.75, 3.05) is 12.3 Å². The lowest BCUT2D eigenvalue weighted by atomic mass is 10.2. The first-order valence-corrected chi connectivity index (χ1v) is 5.33. The average Bonchev–Trinajstić information content (AvgIpc) is 2.23. The van der Waals surface area contributed by atoms with Crippen molar-refractivity contribution in [2.45, 2.75) is 19.0 Å². The van der Waals surface area contributed by atoms with Crippen LogP contribution in [-0.4, -0.2) is 23.7 Å². The van der Waals surface area contributed by atoms with E-state index in [0.29, 0.717) is 5.56 Å². The Balaban J connectivity index is 2.85. The molecule has 1 aromatic heterocycles. The molecule has 0 aromatic carbocycles. The molecule has 0 aliphatic rings. The molecule has 1 rings (SSSR count). The number of nitrogen functional groups attached to an aromatic ring is 1. The van der Waals surface area contributed by atoms with Crippen LogP contribution >= 0.6 is 15.9 Å². The molecule has 102 valence electrons. The quantitative estimate of drug-likeness (QED) is 0.863. The first-order chi connectivity index (χ1) is 8.06. The molecule has 1 aromatic rings. The smallest absolute Gasteiger partial charge is 0.456 e. The number of nitrogens with zero attached hydrogens (tertiary/aromatic N) is 1. The van der Waals surface area contributed by atoms with Gasteiger partial charge in [0.2, 0.25) is 5.88 Å². The van der Waals surface area contributed by atoms with E-state index in [1.807, 2.05) is 0 Å². The van der Waals surface area contributed by atoms with Crippen LogP contribution in [0.25, 0.3) is 0 Å². The predicted molar refractivity (Wildman–Crippen MR) is 57.6 cm³/mol. The van der Waals surface area contributed by atoms with Crippen LogP contribution in [0.5, 0.6) is 5.88 Å². The van der Waals surface area contributed by atoms with Crippen LogP contribution in [-0.2, 0) is 0 Å². The third-order valence-corrected chi connectivity index (χ3v) is 3.01. The van der Waals surface area contributed by atoms with Gasteiger partial charge in [0.15, 0.2) is 6.61 Å². The zero-order valence-corrected chi connectivity index (χ0v) is 10.6. The maximum absolute atomic E-state index is 12.6. The first-order valence-electron chi connectivity index (χ1n) is 4.54. The summed E-state index contributed by atoms with van der Waals surface area (Å²) in [4.78, 5) is 3.53. The van der Waals surface area contributed by atoms with Crippen LogP contribution in [0, 0.1) is 6.92 Å². The number of hydrogen-bond donors (Lipinski definition) is 1. The Morgan fingerprint density at radius 3 is 2.39 bits per heavy atom. The van der Waals surface area contributed by atoms with Gasteiger partial charge in [0.05, 0.1) is 16.4 Å². The van der Waals surface area contributed by atoms with Gasteiger partial charge in [0.1, 0.15) is 0 Å². The van der Waals surface area contributed by atoms with Gasteiger partial charge in [0.25, 0.3) is 0 Å². The van der Waals surface area contributed by atoms with Crippen molar-refractivity contribution in [3.05, 3.63) is 16.2 Å². The number of rotatable bonds is 3. The van der Waals surface area contributed by atoms with Gasteiger partial charge in [0, 0.05) is 0 Å². The zero-order valence-electron chi connectivity index (χ0n) is 8.99. The van der Waals surface area contributed by atoms with Crippen molar-refractivity contribution in [3.8, 4) is 5.88 Å². The van der Waals surface area contributed by atoms with E-state index in [4.69, 9.17) is 5.73 Å². The SMILES string of the molecule is Cc1c(N)cnc(OCC(F)(F)C(F)(F)F)c1Br. The van der Waals surface area contributed by atoms with Gasteiger partial charge in [-0.05, 0) is 28.4 Å². The van der Waals surface area contributed by atoms with Gasteiger partial charge < -0.3 is 10.5 Å². The Labute approximate surface area is 107 Å². The minimum Gasteiger partial charge on any atom is -0.470 e. The van der Waals surface area contributed by atoms with E-state index in [-0.39, 0.29) is 16.0 Å². The lowest BCUT2D eigenvalue weighted by Crippen LogP contribution is -2.41. The van der Waals surface area contributed by atoms with Crippen LogP contribution in [0.4, 0.5) is 27.6 Å². The van der Waals surface area contributed by atoms with E-state index < -0.39 is 18.7 Å². The number of halogens is 6. The maximum Gasteiger partial charge on any atom is 0.456 e. The molecule has 9 heteroatoms. The van der Waals surface area contributed by atoms with Crippen LogP contribution in [0.2, 0.25) is 0 Å². The molecule has 0 radical (unpaired) electrons. The Morgan fingerprint density at radius 2 is 1.89 bits per heavy atom. The average molecular weight is 335 g/mol. The largest absolute Gasteiger partial charge is 0.470 e. The van der Waals surface area contributed by atoms with Crippen LogP contribution in [0.1, 0.15) is 5.56 Å². The molecular weight excluding hydrogens is 327 g/mol. The summed E-state index contributed by atoms with van der Waals surface area (Å²) in [5.74, 6) is -5.31. The van der Waals surface area contributed by atoms with Crippen molar-refractivity contribution in [2.24, 2.45) is 0 Å². The fourth-order valence-electron chi connectivity index (χ4n) is 0.910. The molecule has 3 nitrogen and oxygen atoms in total. The number of hydrogen-bond acceptors (Lipinski definition) is 3. The summed E-state index contributed by atoms with van der Waals surface area (Å²) in [6.07, 6.45) is -4.55. The van der Waals surface area contributed by atoms with Gasteiger partial charge in [-0.2, -0.15) is 22.0 Å². The number of pyridine rings is 1. The highest BCUT2D eigenvalue weighted by Gasteiger charge is 2.58. The normalized spacial score (nSPS) is 12.6. The molecule has 0 aliphatic heterocycles. The molecule has 0 fully saturated rings. The summed E-state index contributed by atoms with van der Waals surface area (Å²) in [7, 11) is 0. The third-order valence-electron chi connectivity index (χ3n) is 2.08. The number of anilines is 1. The van der Waals surface area contributed by atoms with E-state index in [0.717, 1.165) is 6.20 Å². The van der Waals surface area contributed by atoms with Gasteiger partial charge in [-0.15, -0.1) is 0 Å². The van der Waals surface area contributed by atoms with Gasteiger partial charge in [-0.25, -0.2) is 4.98 Å². The molecule has 0 aliphatic carbocycles. The number of nitrogens with two attached hydrogens (primary N) is 1. The topological polar surface area (TPSA) is 48.1 Å². The second-order valence-electron chi connectivity index (χ2n) is 3.45. The predicted octanol–water partition coefficient (Wildman–Crippen LogP) is 3.31. The molecule has 0 saturated carbocycles. The van der Waals surface area contributed by atoms with Crippen molar-refractivity contribution in [3.63, 3.8) is 0 Å². The molecule has 0 saturated heterocycles.